The van der Waals surface area contributed by atoms with Crippen molar-refractivity contribution in [3.63, 3.8) is 0 Å². The third-order valence-corrected chi connectivity index (χ3v) is 4.25. The van der Waals surface area contributed by atoms with Gasteiger partial charge in [0.25, 0.3) is 0 Å². The van der Waals surface area contributed by atoms with Gasteiger partial charge < -0.3 is 0 Å². The van der Waals surface area contributed by atoms with Crippen LogP contribution in [0.25, 0.3) is 0 Å². The van der Waals surface area contributed by atoms with Crippen LogP contribution in [0.3, 0.4) is 0 Å². The van der Waals surface area contributed by atoms with Gasteiger partial charge in [0.2, 0.25) is 0 Å². The Hall–Kier alpha value is -1.04. The first-order valence-corrected chi connectivity index (χ1v) is 6.08. The van der Waals surface area contributed by atoms with Crippen molar-refractivity contribution in [3.8, 4) is 0 Å². The van der Waals surface area contributed by atoms with Gasteiger partial charge in [0, 0.05) is 0 Å². The number of hydrogen-bond donors (Lipinski definition) is 0. The topological polar surface area (TPSA) is 0 Å². The zero-order valence-corrected chi connectivity index (χ0v) is 9.32. The van der Waals surface area contributed by atoms with Crippen LogP contribution < -0.4 is 0 Å². The molecule has 0 aromatic heterocycles. The molecule has 1 saturated carbocycles. The van der Waals surface area contributed by atoms with E-state index in [9.17, 15) is 0 Å². The Morgan fingerprint density at radius 3 is 2.47 bits per heavy atom. The second kappa shape index (κ2) is 3.52. The molecular formula is C15H18. The minimum absolute atomic E-state index is 0.800. The molecule has 3 aliphatic carbocycles. The number of hydrogen-bond acceptors (Lipinski definition) is 0. The van der Waals surface area contributed by atoms with Gasteiger partial charge in [0.1, 0.15) is 0 Å². The number of rotatable bonds is 1. The van der Waals surface area contributed by atoms with Crippen LogP contribution in [-0.2, 0) is 0 Å². The molecule has 0 aliphatic heterocycles. The van der Waals surface area contributed by atoms with Gasteiger partial charge in [-0.3, -0.25) is 0 Å². The van der Waals surface area contributed by atoms with Crippen LogP contribution >= 0.6 is 0 Å². The van der Waals surface area contributed by atoms with E-state index in [0.717, 1.165) is 17.8 Å². The first kappa shape index (κ1) is 9.21. The maximum atomic E-state index is 2.54. The summed E-state index contributed by atoms with van der Waals surface area (Å²) >= 11 is 0. The van der Waals surface area contributed by atoms with E-state index in [1.54, 1.807) is 11.1 Å². The van der Waals surface area contributed by atoms with Crippen LogP contribution in [0.5, 0.6) is 0 Å². The lowest BCUT2D eigenvalue weighted by Crippen LogP contribution is -2.28. The Bertz CT molecular complexity index is 374. The smallest absolute Gasteiger partial charge is 0.00932 e. The molecule has 0 heteroatoms. The normalized spacial score (nSPS) is 33.9. The Morgan fingerprint density at radius 2 is 1.87 bits per heavy atom. The Morgan fingerprint density at radius 1 is 1.07 bits per heavy atom. The summed E-state index contributed by atoms with van der Waals surface area (Å²) < 4.78 is 0. The summed E-state index contributed by atoms with van der Waals surface area (Å²) in [5.41, 5.74) is 3.20. The highest BCUT2D eigenvalue weighted by Gasteiger charge is 2.35. The Labute approximate surface area is 92.0 Å². The van der Waals surface area contributed by atoms with Crippen LogP contribution in [0.4, 0.5) is 0 Å². The second-order valence-corrected chi connectivity index (χ2v) is 5.10. The van der Waals surface area contributed by atoms with E-state index in [-0.39, 0.29) is 0 Å². The van der Waals surface area contributed by atoms with Gasteiger partial charge in [0.05, 0.1) is 0 Å². The third-order valence-electron chi connectivity index (χ3n) is 4.25. The van der Waals surface area contributed by atoms with Crippen molar-refractivity contribution >= 4 is 0 Å². The summed E-state index contributed by atoms with van der Waals surface area (Å²) in [6.07, 6.45) is 6.75. The molecule has 0 radical (unpaired) electrons. The van der Waals surface area contributed by atoms with Crippen molar-refractivity contribution in [1.29, 1.82) is 0 Å². The van der Waals surface area contributed by atoms with Crippen LogP contribution in [-0.4, -0.2) is 0 Å². The maximum Gasteiger partial charge on any atom is -0.00932 e. The number of fused-ring (bicyclic) bond motifs is 2. The predicted octanol–water partition coefficient (Wildman–Crippen LogP) is 4.15. The van der Waals surface area contributed by atoms with Crippen molar-refractivity contribution in [2.75, 3.05) is 0 Å². The molecule has 4 rings (SSSR count). The van der Waals surface area contributed by atoms with Crippen LogP contribution in [0.2, 0.25) is 0 Å². The molecule has 78 valence electrons. The summed E-state index contributed by atoms with van der Waals surface area (Å²) in [5, 5.41) is 0. The zero-order chi connectivity index (χ0) is 10.3. The van der Waals surface area contributed by atoms with Crippen LogP contribution in [0, 0.1) is 11.8 Å². The first-order valence-electron chi connectivity index (χ1n) is 6.08. The lowest BCUT2D eigenvalue weighted by molar-refractivity contribution is 0.270. The summed E-state index contributed by atoms with van der Waals surface area (Å²) in [6.45, 7) is 2.32. The molecule has 3 unspecified atom stereocenters. The maximum absolute atomic E-state index is 2.54. The van der Waals surface area contributed by atoms with E-state index in [0.29, 0.717) is 0 Å². The summed E-state index contributed by atoms with van der Waals surface area (Å²) in [5.74, 6) is 2.49. The predicted molar refractivity (Wildman–Crippen MR) is 63.8 cm³/mol. The van der Waals surface area contributed by atoms with E-state index in [2.05, 4.69) is 43.3 Å². The Kier molecular flexibility index (Phi) is 2.16. The molecular weight excluding hydrogens is 180 g/mol. The van der Waals surface area contributed by atoms with Gasteiger partial charge in [-0.1, -0.05) is 42.0 Å². The van der Waals surface area contributed by atoms with E-state index in [4.69, 9.17) is 0 Å². The molecule has 0 N–H and O–H groups in total. The fraction of sp³-hybridized carbons (Fsp3) is 0.467. The highest BCUT2D eigenvalue weighted by molar-refractivity contribution is 5.27. The van der Waals surface area contributed by atoms with Gasteiger partial charge in [-0.15, -0.1) is 0 Å². The fourth-order valence-electron chi connectivity index (χ4n) is 3.36. The second-order valence-electron chi connectivity index (χ2n) is 5.10. The van der Waals surface area contributed by atoms with Crippen molar-refractivity contribution in [2.45, 2.75) is 32.1 Å². The molecule has 0 amide bonds. The minimum atomic E-state index is 0.800. The van der Waals surface area contributed by atoms with Gasteiger partial charge in [-0.05, 0) is 49.5 Å². The number of allylic oxidation sites excluding steroid dienone is 2. The highest BCUT2D eigenvalue weighted by Crippen LogP contribution is 2.48. The molecule has 0 nitrogen and oxygen atoms in total. The highest BCUT2D eigenvalue weighted by atomic mass is 14.4. The molecule has 3 aliphatic rings. The van der Waals surface area contributed by atoms with Crippen molar-refractivity contribution in [1.82, 2.24) is 0 Å². The molecule has 0 spiro atoms. The lowest BCUT2D eigenvalue weighted by atomic mass is 9.64. The molecule has 3 atom stereocenters. The first-order chi connectivity index (χ1) is 7.34. The van der Waals surface area contributed by atoms with E-state index in [1.165, 1.54) is 19.3 Å². The molecule has 1 fully saturated rings. The molecule has 2 bridgehead atoms. The SMILES string of the molecule is CC1=CC2CCC1CC2c1ccccc1. The van der Waals surface area contributed by atoms with Crippen molar-refractivity contribution in [3.05, 3.63) is 47.5 Å². The standard InChI is InChI=1S/C15H18/c1-11-9-14-8-7-13(11)10-15(14)12-5-3-2-4-6-12/h2-6,9,13-15H,7-8,10H2,1H3. The van der Waals surface area contributed by atoms with Crippen molar-refractivity contribution in [2.24, 2.45) is 11.8 Å². The van der Waals surface area contributed by atoms with Crippen molar-refractivity contribution < 1.29 is 0 Å². The van der Waals surface area contributed by atoms with Crippen LogP contribution in [0.15, 0.2) is 42.0 Å². The molecule has 1 aromatic carbocycles. The minimum Gasteiger partial charge on any atom is -0.0816 e. The van der Waals surface area contributed by atoms with Crippen LogP contribution in [0.1, 0.15) is 37.7 Å². The van der Waals surface area contributed by atoms with E-state index >= 15 is 0 Å². The largest absolute Gasteiger partial charge is 0.0816 e. The quantitative estimate of drug-likeness (QED) is 0.595. The van der Waals surface area contributed by atoms with Gasteiger partial charge >= 0.3 is 0 Å². The number of benzene rings is 1. The summed E-state index contributed by atoms with van der Waals surface area (Å²) in [6, 6.07) is 11.1. The summed E-state index contributed by atoms with van der Waals surface area (Å²) in [4.78, 5) is 0. The fourth-order valence-corrected chi connectivity index (χ4v) is 3.36. The van der Waals surface area contributed by atoms with E-state index < -0.39 is 0 Å². The molecule has 0 saturated heterocycles. The molecule has 15 heavy (non-hydrogen) atoms. The van der Waals surface area contributed by atoms with Gasteiger partial charge in [0.15, 0.2) is 0 Å². The lowest BCUT2D eigenvalue weighted by Gasteiger charge is -2.41. The average molecular weight is 198 g/mol. The Balaban J connectivity index is 1.92. The van der Waals surface area contributed by atoms with E-state index in [1.807, 2.05) is 0 Å². The summed E-state index contributed by atoms with van der Waals surface area (Å²) in [7, 11) is 0. The third kappa shape index (κ3) is 1.52. The molecule has 0 heterocycles. The average Bonchev–Trinajstić information content (AvgIpc) is 2.31. The monoisotopic (exact) mass is 198 g/mol. The molecule has 1 aromatic rings. The zero-order valence-electron chi connectivity index (χ0n) is 9.32. The van der Waals surface area contributed by atoms with Gasteiger partial charge in [-0.2, -0.15) is 0 Å². The van der Waals surface area contributed by atoms with Gasteiger partial charge in [-0.25, -0.2) is 0 Å².